The number of rotatable bonds is 4. The molecule has 0 bridgehead atoms. The van der Waals surface area contributed by atoms with Gasteiger partial charge >= 0.3 is 0 Å². The highest BCUT2D eigenvalue weighted by Gasteiger charge is 2.19. The molecule has 0 spiro atoms. The maximum Gasteiger partial charge on any atom is 0.0994 e. The smallest absolute Gasteiger partial charge is 0.0994 e. The summed E-state index contributed by atoms with van der Waals surface area (Å²) < 4.78 is 2.24. The molecule has 2 aromatic rings. The molecular weight excluding hydrogens is 246 g/mol. The molecule has 1 saturated heterocycles. The fraction of sp³-hybridized carbons (Fsp3) is 0.471. The van der Waals surface area contributed by atoms with Crippen LogP contribution in [0.2, 0.25) is 0 Å². The minimum absolute atomic E-state index is 0.585. The molecule has 1 atom stereocenters. The van der Waals surface area contributed by atoms with Crippen LogP contribution in [0.1, 0.15) is 43.4 Å². The summed E-state index contributed by atoms with van der Waals surface area (Å²) >= 11 is 0. The van der Waals surface area contributed by atoms with E-state index < -0.39 is 0 Å². The van der Waals surface area contributed by atoms with Crippen LogP contribution in [-0.2, 0) is 6.42 Å². The Kier molecular flexibility index (Phi) is 4.16. The molecule has 3 rings (SSSR count). The molecule has 106 valence electrons. The molecule has 1 aliphatic heterocycles. The van der Waals surface area contributed by atoms with Crippen LogP contribution >= 0.6 is 0 Å². The van der Waals surface area contributed by atoms with E-state index >= 15 is 0 Å². The number of nitrogens with one attached hydrogen (secondary N) is 1. The van der Waals surface area contributed by atoms with Crippen molar-refractivity contribution in [3.63, 3.8) is 0 Å². The van der Waals surface area contributed by atoms with Crippen molar-refractivity contribution in [2.75, 3.05) is 13.1 Å². The predicted octanol–water partition coefficient (Wildman–Crippen LogP) is 3.29. The highest BCUT2D eigenvalue weighted by molar-refractivity contribution is 5.37. The first kappa shape index (κ1) is 13.4. The number of hydrogen-bond donors (Lipinski definition) is 1. The van der Waals surface area contributed by atoms with E-state index in [1.807, 2.05) is 12.5 Å². The Bertz CT molecular complexity index is 536. The Balaban J connectivity index is 1.84. The van der Waals surface area contributed by atoms with Gasteiger partial charge in [0.05, 0.1) is 6.33 Å². The molecule has 2 heterocycles. The Morgan fingerprint density at radius 1 is 1.30 bits per heavy atom. The van der Waals surface area contributed by atoms with Crippen LogP contribution in [0.5, 0.6) is 0 Å². The molecule has 20 heavy (non-hydrogen) atoms. The van der Waals surface area contributed by atoms with Gasteiger partial charge in [-0.05, 0) is 43.5 Å². The van der Waals surface area contributed by atoms with Crippen molar-refractivity contribution in [1.29, 1.82) is 0 Å². The number of imidazole rings is 1. The first-order chi connectivity index (χ1) is 9.88. The maximum atomic E-state index is 4.37. The topological polar surface area (TPSA) is 29.9 Å². The lowest BCUT2D eigenvalue weighted by molar-refractivity contribution is 0.451. The maximum absolute atomic E-state index is 4.37. The second-order valence-electron chi connectivity index (χ2n) is 5.65. The molecule has 0 amide bonds. The van der Waals surface area contributed by atoms with E-state index in [-0.39, 0.29) is 0 Å². The van der Waals surface area contributed by atoms with Crippen molar-refractivity contribution in [2.45, 2.75) is 38.5 Å². The van der Waals surface area contributed by atoms with Gasteiger partial charge in [0.2, 0.25) is 0 Å². The monoisotopic (exact) mass is 269 g/mol. The Hall–Kier alpha value is -1.61. The zero-order valence-corrected chi connectivity index (χ0v) is 12.2. The SMILES string of the molecule is CCCc1ccc(-n2cncc2C2CCCNC2)cc1. The molecule has 1 aromatic carbocycles. The molecule has 0 saturated carbocycles. The largest absolute Gasteiger partial charge is 0.316 e. The summed E-state index contributed by atoms with van der Waals surface area (Å²) in [5.41, 5.74) is 3.97. The van der Waals surface area contributed by atoms with E-state index in [0.29, 0.717) is 5.92 Å². The van der Waals surface area contributed by atoms with Crippen LogP contribution in [0.15, 0.2) is 36.8 Å². The fourth-order valence-electron chi connectivity index (χ4n) is 3.04. The first-order valence-electron chi connectivity index (χ1n) is 7.70. The summed E-state index contributed by atoms with van der Waals surface area (Å²) in [6, 6.07) is 8.91. The number of nitrogens with zero attached hydrogens (tertiary/aromatic N) is 2. The minimum atomic E-state index is 0.585. The summed E-state index contributed by atoms with van der Waals surface area (Å²) in [7, 11) is 0. The molecule has 1 N–H and O–H groups in total. The summed E-state index contributed by atoms with van der Waals surface area (Å²) in [4.78, 5) is 4.37. The third-order valence-corrected chi connectivity index (χ3v) is 4.14. The van der Waals surface area contributed by atoms with Gasteiger partial charge in [-0.2, -0.15) is 0 Å². The standard InChI is InChI=1S/C17H23N3/c1-2-4-14-6-8-16(9-7-14)20-13-19-12-17(20)15-5-3-10-18-11-15/h6-9,12-13,15,18H,2-5,10-11H2,1H3. The number of hydrogen-bond acceptors (Lipinski definition) is 2. The van der Waals surface area contributed by atoms with Gasteiger partial charge < -0.3 is 9.88 Å². The molecular formula is C17H23N3. The van der Waals surface area contributed by atoms with Crippen LogP contribution < -0.4 is 5.32 Å². The van der Waals surface area contributed by atoms with Gasteiger partial charge in [0.1, 0.15) is 0 Å². The molecule has 1 aliphatic rings. The zero-order valence-electron chi connectivity index (χ0n) is 12.2. The van der Waals surface area contributed by atoms with E-state index in [2.05, 4.69) is 46.1 Å². The summed E-state index contributed by atoms with van der Waals surface area (Å²) in [5, 5.41) is 3.49. The lowest BCUT2D eigenvalue weighted by atomic mass is 9.96. The van der Waals surface area contributed by atoms with Gasteiger partial charge in [-0.3, -0.25) is 0 Å². The quantitative estimate of drug-likeness (QED) is 0.923. The Labute approximate surface area is 121 Å². The van der Waals surface area contributed by atoms with Crippen LogP contribution in [0.4, 0.5) is 0 Å². The van der Waals surface area contributed by atoms with Crippen molar-refractivity contribution in [3.05, 3.63) is 48.0 Å². The second kappa shape index (κ2) is 6.23. The van der Waals surface area contributed by atoms with Crippen LogP contribution in [-0.4, -0.2) is 22.6 Å². The van der Waals surface area contributed by atoms with Gasteiger partial charge in [0, 0.05) is 30.0 Å². The lowest BCUT2D eigenvalue weighted by Crippen LogP contribution is -2.29. The molecule has 0 radical (unpaired) electrons. The van der Waals surface area contributed by atoms with Crippen LogP contribution in [0.3, 0.4) is 0 Å². The van der Waals surface area contributed by atoms with Crippen molar-refractivity contribution in [1.82, 2.24) is 14.9 Å². The summed E-state index contributed by atoms with van der Waals surface area (Å²) in [6.45, 7) is 4.44. The highest BCUT2D eigenvalue weighted by atomic mass is 15.1. The minimum Gasteiger partial charge on any atom is -0.316 e. The average Bonchev–Trinajstić information content (AvgIpc) is 2.99. The number of benzene rings is 1. The van der Waals surface area contributed by atoms with Crippen LogP contribution in [0, 0.1) is 0 Å². The summed E-state index contributed by atoms with van der Waals surface area (Å²) in [6.07, 6.45) is 8.83. The molecule has 1 unspecified atom stereocenters. The normalized spacial score (nSPS) is 19.1. The second-order valence-corrected chi connectivity index (χ2v) is 5.65. The van der Waals surface area contributed by atoms with E-state index in [4.69, 9.17) is 0 Å². The molecule has 3 nitrogen and oxygen atoms in total. The number of aryl methyl sites for hydroxylation is 1. The first-order valence-corrected chi connectivity index (χ1v) is 7.70. The highest BCUT2D eigenvalue weighted by Crippen LogP contribution is 2.25. The number of aromatic nitrogens is 2. The molecule has 0 aliphatic carbocycles. The molecule has 1 aromatic heterocycles. The third kappa shape index (κ3) is 2.78. The Morgan fingerprint density at radius 3 is 2.85 bits per heavy atom. The lowest BCUT2D eigenvalue weighted by Gasteiger charge is -2.23. The average molecular weight is 269 g/mol. The van der Waals surface area contributed by atoms with Crippen molar-refractivity contribution in [2.24, 2.45) is 0 Å². The third-order valence-electron chi connectivity index (χ3n) is 4.14. The Morgan fingerprint density at radius 2 is 2.15 bits per heavy atom. The van der Waals surface area contributed by atoms with E-state index in [9.17, 15) is 0 Å². The molecule has 1 fully saturated rings. The van der Waals surface area contributed by atoms with Gasteiger partial charge in [0.15, 0.2) is 0 Å². The predicted molar refractivity (Wildman–Crippen MR) is 82.4 cm³/mol. The van der Waals surface area contributed by atoms with E-state index in [1.54, 1.807) is 0 Å². The summed E-state index contributed by atoms with van der Waals surface area (Å²) in [5.74, 6) is 0.585. The van der Waals surface area contributed by atoms with E-state index in [0.717, 1.165) is 19.5 Å². The van der Waals surface area contributed by atoms with Gasteiger partial charge in [0.25, 0.3) is 0 Å². The van der Waals surface area contributed by atoms with E-state index in [1.165, 1.54) is 36.2 Å². The van der Waals surface area contributed by atoms with Crippen molar-refractivity contribution < 1.29 is 0 Å². The number of piperidine rings is 1. The van der Waals surface area contributed by atoms with Gasteiger partial charge in [-0.15, -0.1) is 0 Å². The van der Waals surface area contributed by atoms with Crippen LogP contribution in [0.25, 0.3) is 5.69 Å². The van der Waals surface area contributed by atoms with Gasteiger partial charge in [-0.1, -0.05) is 25.5 Å². The van der Waals surface area contributed by atoms with Gasteiger partial charge in [-0.25, -0.2) is 4.98 Å². The van der Waals surface area contributed by atoms with Crippen molar-refractivity contribution in [3.8, 4) is 5.69 Å². The fourth-order valence-corrected chi connectivity index (χ4v) is 3.04. The molecule has 3 heteroatoms. The zero-order chi connectivity index (χ0) is 13.8. The van der Waals surface area contributed by atoms with Crippen molar-refractivity contribution >= 4 is 0 Å².